The van der Waals surface area contributed by atoms with Gasteiger partial charge < -0.3 is 14.6 Å². The first-order valence-electron chi connectivity index (χ1n) is 16.6. The predicted molar refractivity (Wildman–Crippen MR) is 183 cm³/mol. The molecule has 1 fully saturated rings. The number of aliphatic hydroxyl groups is 1. The van der Waals surface area contributed by atoms with Crippen LogP contribution in [0.2, 0.25) is 45.3 Å². The van der Waals surface area contributed by atoms with Gasteiger partial charge in [-0.05, 0) is 61.5 Å². The molecule has 0 radical (unpaired) electrons. The van der Waals surface area contributed by atoms with Crippen LogP contribution in [-0.2, 0) is 19.7 Å². The van der Waals surface area contributed by atoms with Gasteiger partial charge in [-0.25, -0.2) is 0 Å². The molecule has 1 aliphatic rings. The van der Waals surface area contributed by atoms with E-state index in [0.717, 1.165) is 57.6 Å². The van der Waals surface area contributed by atoms with E-state index in [4.69, 9.17) is 9.47 Å². The monoisotopic (exact) mass is 614 g/mol. The zero-order valence-corrected chi connectivity index (χ0v) is 30.4. The first-order chi connectivity index (χ1) is 19.6. The van der Waals surface area contributed by atoms with Crippen molar-refractivity contribution in [2.75, 3.05) is 6.61 Å². The Bertz CT molecular complexity index is 984. The summed E-state index contributed by atoms with van der Waals surface area (Å²) in [4.78, 5) is 13.2. The van der Waals surface area contributed by atoms with E-state index in [9.17, 15) is 9.90 Å². The third kappa shape index (κ3) is 14.4. The fourth-order valence-corrected chi connectivity index (χ4v) is 7.30. The van der Waals surface area contributed by atoms with Crippen LogP contribution < -0.4 is 0 Å². The first-order valence-corrected chi connectivity index (χ1v) is 23.8. The van der Waals surface area contributed by atoms with Gasteiger partial charge in [0.2, 0.25) is 0 Å². The molecule has 1 aromatic rings. The Hall–Kier alpha value is -1.40. The Labute approximate surface area is 260 Å². The van der Waals surface area contributed by atoms with Crippen LogP contribution in [-0.4, -0.2) is 52.1 Å². The molecule has 0 amide bonds. The van der Waals surface area contributed by atoms with Gasteiger partial charge in [0.15, 0.2) is 0 Å². The van der Waals surface area contributed by atoms with Gasteiger partial charge in [0.25, 0.3) is 0 Å². The molecule has 0 aliphatic heterocycles. The fraction of sp³-hybridized carbons (Fsp3) is 0.750. The van der Waals surface area contributed by atoms with E-state index in [1.807, 2.05) is 0 Å². The Morgan fingerprint density at radius 1 is 1.00 bits per heavy atom. The molecule has 1 aliphatic carbocycles. The lowest BCUT2D eigenvalue weighted by atomic mass is 9.64. The second kappa shape index (κ2) is 17.2. The van der Waals surface area contributed by atoms with Crippen LogP contribution in [0.5, 0.6) is 0 Å². The average Bonchev–Trinajstić information content (AvgIpc) is 2.89. The molecule has 0 saturated heterocycles. The first kappa shape index (κ1) is 36.8. The minimum absolute atomic E-state index is 0.0433. The number of carbonyl (C=O) groups excluding carboxylic acids is 1. The van der Waals surface area contributed by atoms with Gasteiger partial charge in [0, 0.05) is 27.0 Å². The van der Waals surface area contributed by atoms with Crippen LogP contribution in [0.1, 0.15) is 90.5 Å². The van der Waals surface area contributed by atoms with Crippen molar-refractivity contribution in [3.63, 3.8) is 0 Å². The Morgan fingerprint density at radius 3 is 2.31 bits per heavy atom. The quantitative estimate of drug-likeness (QED) is 0.0874. The third-order valence-corrected chi connectivity index (χ3v) is 11.4. The molecule has 5 atom stereocenters. The summed E-state index contributed by atoms with van der Waals surface area (Å²) in [5.74, 6) is 3.86. The number of esters is 1. The number of unbranched alkanes of at least 4 members (excludes halogenated alkanes) is 2. The van der Waals surface area contributed by atoms with Crippen LogP contribution in [0.4, 0.5) is 0 Å². The molecule has 1 N–H and O–H groups in total. The van der Waals surface area contributed by atoms with Crippen molar-refractivity contribution < 1.29 is 19.4 Å². The van der Waals surface area contributed by atoms with E-state index in [1.165, 1.54) is 12.0 Å². The second-order valence-electron chi connectivity index (χ2n) is 15.7. The highest BCUT2D eigenvalue weighted by molar-refractivity contribution is 6.83. The van der Waals surface area contributed by atoms with E-state index in [1.54, 1.807) is 0 Å². The maximum absolute atomic E-state index is 13.2. The molecular formula is C36H62O4Si2. The molecule has 1 saturated carbocycles. The summed E-state index contributed by atoms with van der Waals surface area (Å²) < 4.78 is 12.7. The van der Waals surface area contributed by atoms with E-state index in [2.05, 4.69) is 102 Å². The predicted octanol–water partition coefficient (Wildman–Crippen LogP) is 9.01. The summed E-state index contributed by atoms with van der Waals surface area (Å²) in [6.45, 7) is 21.4. The smallest absolute Gasteiger partial charge is 0.306 e. The molecule has 42 heavy (non-hydrogen) atoms. The summed E-state index contributed by atoms with van der Waals surface area (Å²) in [7, 11) is -2.65. The Kier molecular flexibility index (Phi) is 15.1. The summed E-state index contributed by atoms with van der Waals surface area (Å²) in [6, 6.07) is 11.8. The minimum Gasteiger partial charge on any atom is -0.462 e. The Balaban J connectivity index is 1.91. The normalized spacial score (nSPS) is 21.2. The average molecular weight is 615 g/mol. The lowest BCUT2D eigenvalue weighted by Gasteiger charge is -2.44. The van der Waals surface area contributed by atoms with Gasteiger partial charge in [-0.2, -0.15) is 0 Å². The van der Waals surface area contributed by atoms with Crippen molar-refractivity contribution >= 4 is 22.1 Å². The number of hydrogen-bond donors (Lipinski definition) is 1. The number of carbonyl (C=O) groups is 1. The van der Waals surface area contributed by atoms with Crippen molar-refractivity contribution in [1.29, 1.82) is 0 Å². The van der Waals surface area contributed by atoms with Gasteiger partial charge in [-0.1, -0.05) is 116 Å². The van der Waals surface area contributed by atoms with Crippen LogP contribution in [0, 0.1) is 23.3 Å². The highest BCUT2D eigenvalue weighted by Gasteiger charge is 2.42. The van der Waals surface area contributed by atoms with Crippen molar-refractivity contribution in [3.05, 3.63) is 35.9 Å². The van der Waals surface area contributed by atoms with Crippen LogP contribution >= 0.6 is 0 Å². The highest BCUT2D eigenvalue weighted by atomic mass is 28.3. The maximum Gasteiger partial charge on any atom is 0.306 e. The number of rotatable bonds is 16. The van der Waals surface area contributed by atoms with Crippen molar-refractivity contribution in [3.8, 4) is 11.5 Å². The minimum atomic E-state index is -1.45. The van der Waals surface area contributed by atoms with E-state index in [-0.39, 0.29) is 23.6 Å². The molecule has 238 valence electrons. The number of aliphatic hydroxyl groups excluding tert-OH is 1. The maximum atomic E-state index is 13.2. The van der Waals surface area contributed by atoms with Gasteiger partial charge in [0.1, 0.15) is 20.3 Å². The van der Waals surface area contributed by atoms with Crippen molar-refractivity contribution in [2.45, 2.75) is 154 Å². The summed E-state index contributed by atoms with van der Waals surface area (Å²) in [5.41, 5.74) is 4.54. The zero-order valence-electron chi connectivity index (χ0n) is 28.4. The second-order valence-corrected chi connectivity index (χ2v) is 26.0. The lowest BCUT2D eigenvalue weighted by molar-refractivity contribution is -0.157. The zero-order chi connectivity index (χ0) is 31.4. The van der Waals surface area contributed by atoms with Crippen LogP contribution in [0.15, 0.2) is 30.3 Å². The lowest BCUT2D eigenvalue weighted by Crippen LogP contribution is -2.43. The molecule has 6 heteroatoms. The standard InChI is InChI=1S/C36H62O4Si2/c1-29-20-22-33(36(2,3)30-16-12-10-13-17-30)34(28-29)40-35(38)23-21-32(39-25-27-42(7,8)9)19-15-11-14-18-31(37)24-26-41(4,5)6/h10,12-13,16-17,29,31-34,37H,11,14-15,18-23,25,27-28H2,1-9H3/t29-,31-,32-,33-,34-/m1/s1. The fourth-order valence-electron chi connectivity index (χ4n) is 5.97. The molecule has 0 unspecified atom stereocenters. The topological polar surface area (TPSA) is 55.8 Å². The summed E-state index contributed by atoms with van der Waals surface area (Å²) >= 11 is 0. The Morgan fingerprint density at radius 2 is 1.67 bits per heavy atom. The summed E-state index contributed by atoms with van der Waals surface area (Å²) in [6.07, 6.45) is 8.56. The number of benzene rings is 1. The van der Waals surface area contributed by atoms with Crippen LogP contribution in [0.3, 0.4) is 0 Å². The van der Waals surface area contributed by atoms with Gasteiger partial charge >= 0.3 is 5.97 Å². The SMILES string of the molecule is C[C@@H]1CC[C@@H](C(C)(C)c2ccccc2)[C@H](OC(=O)CC[C@@H](CCCCC[C@@H](O)C#C[Si](C)(C)C)OCC[Si](C)(C)C)C1. The van der Waals surface area contributed by atoms with Crippen molar-refractivity contribution in [1.82, 2.24) is 0 Å². The summed E-state index contributed by atoms with van der Waals surface area (Å²) in [5, 5.41) is 10.2. The molecule has 0 heterocycles. The molecular weight excluding hydrogens is 553 g/mol. The highest BCUT2D eigenvalue weighted by Crippen LogP contribution is 2.43. The molecule has 0 spiro atoms. The van der Waals surface area contributed by atoms with Gasteiger partial charge in [-0.15, -0.1) is 5.54 Å². The molecule has 0 bridgehead atoms. The van der Waals surface area contributed by atoms with Crippen LogP contribution in [0.25, 0.3) is 0 Å². The molecule has 0 aromatic heterocycles. The van der Waals surface area contributed by atoms with E-state index >= 15 is 0 Å². The van der Waals surface area contributed by atoms with Crippen molar-refractivity contribution in [2.24, 2.45) is 11.8 Å². The van der Waals surface area contributed by atoms with E-state index < -0.39 is 22.3 Å². The third-order valence-electron chi connectivity index (χ3n) is 8.78. The van der Waals surface area contributed by atoms with Gasteiger partial charge in [0.05, 0.1) is 6.10 Å². The largest absolute Gasteiger partial charge is 0.462 e. The molecule has 1 aromatic carbocycles. The molecule has 2 rings (SSSR count). The number of hydrogen-bond acceptors (Lipinski definition) is 4. The van der Waals surface area contributed by atoms with Gasteiger partial charge in [-0.3, -0.25) is 4.79 Å². The molecule has 4 nitrogen and oxygen atoms in total. The number of ether oxygens (including phenoxy) is 2. The van der Waals surface area contributed by atoms with E-state index in [0.29, 0.717) is 24.7 Å².